The quantitative estimate of drug-likeness (QED) is 0.0264. The lowest BCUT2D eigenvalue weighted by Gasteiger charge is -2.18. The highest BCUT2D eigenvalue weighted by molar-refractivity contribution is 5.71. The summed E-state index contributed by atoms with van der Waals surface area (Å²) in [4.78, 5) is 37.8. The first-order valence-corrected chi connectivity index (χ1v) is 24.4. The molecule has 334 valence electrons. The lowest BCUT2D eigenvalue weighted by molar-refractivity contribution is -0.167. The van der Waals surface area contributed by atoms with Crippen molar-refractivity contribution in [2.45, 2.75) is 239 Å². The van der Waals surface area contributed by atoms with Crippen LogP contribution in [0.3, 0.4) is 0 Å². The van der Waals surface area contributed by atoms with Gasteiger partial charge >= 0.3 is 17.9 Å². The van der Waals surface area contributed by atoms with Crippen molar-refractivity contribution in [1.29, 1.82) is 0 Å². The first-order chi connectivity index (χ1) is 28.5. The second kappa shape index (κ2) is 46.8. The van der Waals surface area contributed by atoms with Crippen LogP contribution in [0.2, 0.25) is 0 Å². The molecule has 1 atom stereocenters. The van der Waals surface area contributed by atoms with Gasteiger partial charge in [-0.15, -0.1) is 0 Å². The second-order valence-electron chi connectivity index (χ2n) is 16.1. The van der Waals surface area contributed by atoms with Gasteiger partial charge in [0.2, 0.25) is 0 Å². The van der Waals surface area contributed by atoms with Gasteiger partial charge in [0, 0.05) is 19.3 Å². The highest BCUT2D eigenvalue weighted by Gasteiger charge is 2.19. The molecule has 0 radical (unpaired) electrons. The Kier molecular flexibility index (Phi) is 44.5. The minimum Gasteiger partial charge on any atom is -0.462 e. The zero-order chi connectivity index (χ0) is 42.3. The maximum atomic E-state index is 12.7. The van der Waals surface area contributed by atoms with E-state index in [9.17, 15) is 14.4 Å². The minimum absolute atomic E-state index is 0.0889. The molecule has 0 saturated carbocycles. The molecule has 0 aliphatic rings. The van der Waals surface area contributed by atoms with Crippen LogP contribution in [0, 0.1) is 0 Å². The van der Waals surface area contributed by atoms with Gasteiger partial charge in [0.15, 0.2) is 6.10 Å². The molecule has 0 amide bonds. The number of carbonyl (C=O) groups excluding carboxylic acids is 3. The van der Waals surface area contributed by atoms with Gasteiger partial charge in [-0.2, -0.15) is 0 Å². The Labute approximate surface area is 358 Å². The van der Waals surface area contributed by atoms with E-state index >= 15 is 0 Å². The van der Waals surface area contributed by atoms with Crippen molar-refractivity contribution < 1.29 is 28.6 Å². The van der Waals surface area contributed by atoms with E-state index in [-0.39, 0.29) is 37.5 Å². The van der Waals surface area contributed by atoms with Crippen LogP contribution in [0.15, 0.2) is 60.8 Å². The van der Waals surface area contributed by atoms with Crippen LogP contribution in [0.25, 0.3) is 0 Å². The molecule has 1 unspecified atom stereocenters. The van der Waals surface area contributed by atoms with Crippen molar-refractivity contribution in [1.82, 2.24) is 0 Å². The number of rotatable bonds is 43. The zero-order valence-electron chi connectivity index (χ0n) is 38.0. The van der Waals surface area contributed by atoms with E-state index in [1.165, 1.54) is 122 Å². The van der Waals surface area contributed by atoms with Gasteiger partial charge in [0.05, 0.1) is 0 Å². The molecule has 0 heterocycles. The monoisotopic (exact) mass is 811 g/mol. The van der Waals surface area contributed by atoms with E-state index in [0.29, 0.717) is 19.3 Å². The van der Waals surface area contributed by atoms with Gasteiger partial charge in [-0.25, -0.2) is 0 Å². The Morgan fingerprint density at radius 1 is 0.362 bits per heavy atom. The molecule has 0 saturated heterocycles. The Bertz CT molecular complexity index is 1070. The topological polar surface area (TPSA) is 78.9 Å². The predicted molar refractivity (Wildman–Crippen MR) is 247 cm³/mol. The Morgan fingerprint density at radius 2 is 0.672 bits per heavy atom. The molecule has 0 aromatic heterocycles. The number of allylic oxidation sites excluding steroid dienone is 10. The first kappa shape index (κ1) is 55.1. The summed E-state index contributed by atoms with van der Waals surface area (Å²) < 4.78 is 16.7. The average molecular weight is 811 g/mol. The molecule has 6 nitrogen and oxygen atoms in total. The molecule has 0 aliphatic heterocycles. The smallest absolute Gasteiger partial charge is 0.306 e. The lowest BCUT2D eigenvalue weighted by Crippen LogP contribution is -2.30. The third-order valence-corrected chi connectivity index (χ3v) is 10.4. The van der Waals surface area contributed by atoms with Gasteiger partial charge in [-0.3, -0.25) is 14.4 Å². The lowest BCUT2D eigenvalue weighted by atomic mass is 10.0. The molecule has 0 aromatic carbocycles. The van der Waals surface area contributed by atoms with Crippen molar-refractivity contribution in [3.8, 4) is 0 Å². The van der Waals surface area contributed by atoms with Crippen LogP contribution in [0.1, 0.15) is 233 Å². The highest BCUT2D eigenvalue weighted by atomic mass is 16.6. The fraction of sp³-hybridized carbons (Fsp3) is 0.750. The average Bonchev–Trinajstić information content (AvgIpc) is 3.22. The molecule has 0 rings (SSSR count). The Balaban J connectivity index is 4.40. The van der Waals surface area contributed by atoms with Crippen LogP contribution in [0.4, 0.5) is 0 Å². The molecular formula is C52H90O6. The SMILES string of the molecule is CC\C=C/C=C\C=C/C=C\C=C/CCCCCC(=O)OC(COC(=O)CCCCCCCCCCC)COC(=O)CCCCCCCCCCCCCCCCCC. The molecule has 0 bridgehead atoms. The maximum absolute atomic E-state index is 12.7. The molecular weight excluding hydrogens is 721 g/mol. The largest absolute Gasteiger partial charge is 0.462 e. The maximum Gasteiger partial charge on any atom is 0.306 e. The highest BCUT2D eigenvalue weighted by Crippen LogP contribution is 2.15. The number of hydrogen-bond acceptors (Lipinski definition) is 6. The van der Waals surface area contributed by atoms with Crippen LogP contribution in [-0.2, 0) is 28.6 Å². The summed E-state index contributed by atoms with van der Waals surface area (Å²) in [6.07, 6.45) is 56.3. The summed E-state index contributed by atoms with van der Waals surface area (Å²) in [6.45, 7) is 6.44. The second-order valence-corrected chi connectivity index (χ2v) is 16.1. The summed E-state index contributed by atoms with van der Waals surface area (Å²) in [5.74, 6) is -0.930. The van der Waals surface area contributed by atoms with Crippen molar-refractivity contribution in [2.75, 3.05) is 13.2 Å². The Hall–Kier alpha value is -2.89. The van der Waals surface area contributed by atoms with Crippen molar-refractivity contribution >= 4 is 17.9 Å². The normalized spacial score (nSPS) is 12.5. The van der Waals surface area contributed by atoms with Crippen molar-refractivity contribution in [3.63, 3.8) is 0 Å². The number of hydrogen-bond donors (Lipinski definition) is 0. The summed E-state index contributed by atoms with van der Waals surface area (Å²) in [5, 5.41) is 0. The number of carbonyl (C=O) groups is 3. The van der Waals surface area contributed by atoms with E-state index in [0.717, 1.165) is 64.2 Å². The van der Waals surface area contributed by atoms with Gasteiger partial charge in [0.1, 0.15) is 13.2 Å². The van der Waals surface area contributed by atoms with Crippen molar-refractivity contribution in [3.05, 3.63) is 60.8 Å². The minimum atomic E-state index is -0.790. The Morgan fingerprint density at radius 3 is 1.05 bits per heavy atom. The van der Waals surface area contributed by atoms with E-state index in [2.05, 4.69) is 32.9 Å². The molecule has 0 spiro atoms. The van der Waals surface area contributed by atoms with Gasteiger partial charge in [-0.1, -0.05) is 236 Å². The zero-order valence-corrected chi connectivity index (χ0v) is 38.0. The number of ether oxygens (including phenoxy) is 3. The number of unbranched alkanes of at least 4 members (excludes halogenated alkanes) is 26. The molecule has 58 heavy (non-hydrogen) atoms. The van der Waals surface area contributed by atoms with Crippen LogP contribution >= 0.6 is 0 Å². The fourth-order valence-corrected chi connectivity index (χ4v) is 6.76. The van der Waals surface area contributed by atoms with Gasteiger partial charge < -0.3 is 14.2 Å². The van der Waals surface area contributed by atoms with Gasteiger partial charge in [-0.05, 0) is 38.5 Å². The molecule has 0 aromatic rings. The molecule has 6 heteroatoms. The fourth-order valence-electron chi connectivity index (χ4n) is 6.76. The third-order valence-electron chi connectivity index (χ3n) is 10.4. The van der Waals surface area contributed by atoms with Crippen molar-refractivity contribution in [2.24, 2.45) is 0 Å². The number of esters is 3. The van der Waals surface area contributed by atoms with Crippen LogP contribution in [0.5, 0.6) is 0 Å². The van der Waals surface area contributed by atoms with Crippen LogP contribution in [-0.4, -0.2) is 37.2 Å². The first-order valence-electron chi connectivity index (χ1n) is 24.4. The standard InChI is InChI=1S/C52H90O6/c1-4-7-10-13-16-19-21-23-25-27-28-30-33-36-39-42-45-51(54)57-48-49(47-56-50(53)44-41-38-35-32-18-15-12-9-6-3)58-52(55)46-43-40-37-34-31-29-26-24-22-20-17-14-11-8-5-2/h8,11,14,17,20,22,24,26,29,31,49H,4-7,9-10,12-13,15-16,18-19,21,23,25,27-28,30,32-48H2,1-3H3/b11-8-,17-14-,22-20-,26-24-,31-29-. The summed E-state index contributed by atoms with van der Waals surface area (Å²) in [7, 11) is 0. The van der Waals surface area contributed by atoms with E-state index in [4.69, 9.17) is 14.2 Å². The van der Waals surface area contributed by atoms with Gasteiger partial charge in [0.25, 0.3) is 0 Å². The third kappa shape index (κ3) is 44.2. The summed E-state index contributed by atoms with van der Waals surface area (Å²) >= 11 is 0. The molecule has 0 fully saturated rings. The molecule has 0 N–H and O–H groups in total. The predicted octanol–water partition coefficient (Wildman–Crippen LogP) is 15.7. The summed E-state index contributed by atoms with van der Waals surface area (Å²) in [6, 6.07) is 0. The van der Waals surface area contributed by atoms with E-state index in [1.807, 2.05) is 48.6 Å². The molecule has 0 aliphatic carbocycles. The van der Waals surface area contributed by atoms with E-state index < -0.39 is 6.10 Å². The van der Waals surface area contributed by atoms with E-state index in [1.54, 1.807) is 0 Å². The van der Waals surface area contributed by atoms with Crippen LogP contribution < -0.4 is 0 Å². The summed E-state index contributed by atoms with van der Waals surface area (Å²) in [5.41, 5.74) is 0.